The van der Waals surface area contributed by atoms with Crippen molar-refractivity contribution in [2.75, 3.05) is 51.3 Å². The highest BCUT2D eigenvalue weighted by Gasteiger charge is 2.20. The van der Waals surface area contributed by atoms with E-state index in [-0.39, 0.29) is 24.0 Å². The number of piperazine rings is 1. The van der Waals surface area contributed by atoms with E-state index in [9.17, 15) is 0 Å². The van der Waals surface area contributed by atoms with Gasteiger partial charge in [-0.05, 0) is 38.1 Å². The second-order valence-electron chi connectivity index (χ2n) is 6.39. The van der Waals surface area contributed by atoms with Crippen LogP contribution in [0.3, 0.4) is 0 Å². The third-order valence-corrected chi connectivity index (χ3v) is 4.51. The molecule has 0 saturated carbocycles. The molecule has 1 N–H and O–H groups in total. The van der Waals surface area contributed by atoms with Gasteiger partial charge in [-0.15, -0.1) is 24.0 Å². The molecule has 9 heteroatoms. The first-order chi connectivity index (χ1) is 13.2. The first-order valence-corrected chi connectivity index (χ1v) is 9.41. The summed E-state index contributed by atoms with van der Waals surface area (Å²) in [6.07, 6.45) is 0.654. The van der Waals surface area contributed by atoms with Crippen LogP contribution < -0.4 is 15.0 Å². The lowest BCUT2D eigenvalue weighted by molar-refractivity contribution is 0.368. The van der Waals surface area contributed by atoms with Crippen LogP contribution in [0.15, 0.2) is 33.8 Å². The molecule has 1 aromatic heterocycles. The van der Waals surface area contributed by atoms with Crippen molar-refractivity contribution in [2.45, 2.75) is 20.3 Å². The van der Waals surface area contributed by atoms with E-state index < -0.39 is 0 Å². The molecule has 0 bridgehead atoms. The number of aliphatic imine (C=N–C) groups is 1. The van der Waals surface area contributed by atoms with Gasteiger partial charge in [-0.25, -0.2) is 0 Å². The van der Waals surface area contributed by atoms with Crippen LogP contribution >= 0.6 is 24.0 Å². The molecule has 0 unspecified atom stereocenters. The zero-order valence-corrected chi connectivity index (χ0v) is 19.1. The number of hydrogen-bond donors (Lipinski definition) is 1. The molecular weight excluding hydrogens is 471 g/mol. The molecule has 1 aliphatic rings. The third kappa shape index (κ3) is 5.98. The van der Waals surface area contributed by atoms with Gasteiger partial charge in [-0.1, -0.05) is 5.16 Å². The highest BCUT2D eigenvalue weighted by atomic mass is 127. The summed E-state index contributed by atoms with van der Waals surface area (Å²) in [6, 6.07) is 8.24. The summed E-state index contributed by atoms with van der Waals surface area (Å²) in [5.74, 6) is 3.13. The van der Waals surface area contributed by atoms with E-state index in [1.165, 1.54) is 5.69 Å². The number of nitrogens with one attached hydrogen (secondary N) is 1. The van der Waals surface area contributed by atoms with E-state index in [0.29, 0.717) is 24.7 Å². The van der Waals surface area contributed by atoms with Crippen LogP contribution in [0.25, 0.3) is 0 Å². The van der Waals surface area contributed by atoms with Gasteiger partial charge in [0.1, 0.15) is 5.75 Å². The van der Waals surface area contributed by atoms with Crippen molar-refractivity contribution in [3.05, 3.63) is 36.0 Å². The summed E-state index contributed by atoms with van der Waals surface area (Å²) in [6.45, 7) is 9.15. The Bertz CT molecular complexity index is 741. The van der Waals surface area contributed by atoms with Crippen molar-refractivity contribution in [1.82, 2.24) is 20.4 Å². The van der Waals surface area contributed by atoms with Crippen LogP contribution in [0.2, 0.25) is 0 Å². The third-order valence-electron chi connectivity index (χ3n) is 4.51. The van der Waals surface area contributed by atoms with Gasteiger partial charge in [-0.2, -0.15) is 4.98 Å². The quantitative estimate of drug-likeness (QED) is 0.371. The molecule has 2 aromatic rings. The predicted molar refractivity (Wildman–Crippen MR) is 121 cm³/mol. The van der Waals surface area contributed by atoms with E-state index in [1.807, 2.05) is 19.1 Å². The Labute approximate surface area is 183 Å². The van der Waals surface area contributed by atoms with E-state index in [1.54, 1.807) is 7.11 Å². The van der Waals surface area contributed by atoms with Crippen LogP contribution in [0, 0.1) is 6.92 Å². The Morgan fingerprint density at radius 2 is 1.93 bits per heavy atom. The van der Waals surface area contributed by atoms with E-state index in [2.05, 4.69) is 44.3 Å². The molecule has 0 radical (unpaired) electrons. The maximum absolute atomic E-state index is 5.24. The number of methoxy groups -OCH3 is 1. The Morgan fingerprint density at radius 1 is 1.21 bits per heavy atom. The van der Waals surface area contributed by atoms with Crippen LogP contribution in [0.5, 0.6) is 5.75 Å². The Kier molecular flexibility index (Phi) is 8.81. The maximum atomic E-state index is 5.24. The molecule has 28 heavy (non-hydrogen) atoms. The fourth-order valence-electron chi connectivity index (χ4n) is 3.09. The van der Waals surface area contributed by atoms with Gasteiger partial charge >= 0.3 is 0 Å². The Morgan fingerprint density at radius 3 is 2.50 bits per heavy atom. The minimum absolute atomic E-state index is 0. The van der Waals surface area contributed by atoms with Gasteiger partial charge in [-0.3, -0.25) is 4.99 Å². The van der Waals surface area contributed by atoms with Gasteiger partial charge < -0.3 is 24.4 Å². The summed E-state index contributed by atoms with van der Waals surface area (Å²) in [7, 11) is 1.69. The number of hydrogen-bond acceptors (Lipinski definition) is 6. The Hall–Kier alpha value is -2.04. The minimum atomic E-state index is 0. The van der Waals surface area contributed by atoms with Crippen LogP contribution in [0.1, 0.15) is 18.6 Å². The Balaban J connectivity index is 0.00000280. The molecular formula is C19H29IN6O2. The molecule has 1 saturated heterocycles. The number of benzene rings is 1. The number of halogens is 1. The number of guanidine groups is 1. The first kappa shape index (κ1) is 22.3. The molecule has 8 nitrogen and oxygen atoms in total. The standard InChI is InChI=1S/C19H28N6O2.HI/c1-4-20-19(21-10-9-18-22-15(2)23-27-18)25-13-11-24(12-14-25)16-5-7-17(26-3)8-6-16;/h5-8H,4,9-14H2,1-3H3,(H,20,21);1H. The lowest BCUT2D eigenvalue weighted by Crippen LogP contribution is -2.52. The average molecular weight is 500 g/mol. The summed E-state index contributed by atoms with van der Waals surface area (Å²) in [5.41, 5.74) is 1.23. The van der Waals surface area contributed by atoms with E-state index in [4.69, 9.17) is 14.3 Å². The lowest BCUT2D eigenvalue weighted by Gasteiger charge is -2.37. The van der Waals surface area contributed by atoms with Crippen LogP contribution in [-0.4, -0.2) is 67.4 Å². The molecule has 1 fully saturated rings. The topological polar surface area (TPSA) is 79.0 Å². The number of aryl methyl sites for hydroxylation is 1. The molecule has 3 rings (SSSR count). The van der Waals surface area contributed by atoms with E-state index >= 15 is 0 Å². The smallest absolute Gasteiger partial charge is 0.228 e. The summed E-state index contributed by atoms with van der Waals surface area (Å²) >= 11 is 0. The SMILES string of the molecule is CCNC(=NCCc1nc(C)no1)N1CCN(c2ccc(OC)cc2)CC1.I. The van der Waals surface area contributed by atoms with Crippen LogP contribution in [-0.2, 0) is 6.42 Å². The normalized spacial score (nSPS) is 14.6. The van der Waals surface area contributed by atoms with Gasteiger partial charge in [0, 0.05) is 44.8 Å². The van der Waals surface area contributed by atoms with Crippen molar-refractivity contribution in [3.8, 4) is 5.75 Å². The molecule has 0 atom stereocenters. The summed E-state index contributed by atoms with van der Waals surface area (Å²) < 4.78 is 10.4. The maximum Gasteiger partial charge on any atom is 0.228 e. The second kappa shape index (κ2) is 11.1. The first-order valence-electron chi connectivity index (χ1n) is 9.41. The monoisotopic (exact) mass is 500 g/mol. The van der Waals surface area contributed by atoms with Crippen molar-refractivity contribution >= 4 is 35.6 Å². The number of anilines is 1. The minimum Gasteiger partial charge on any atom is -0.497 e. The molecule has 0 aliphatic carbocycles. The fraction of sp³-hybridized carbons (Fsp3) is 0.526. The van der Waals surface area contributed by atoms with Gasteiger partial charge in [0.05, 0.1) is 13.7 Å². The summed E-state index contributed by atoms with van der Waals surface area (Å²) in [4.78, 5) is 13.7. The molecule has 0 amide bonds. The zero-order valence-electron chi connectivity index (χ0n) is 16.7. The van der Waals surface area contributed by atoms with Crippen LogP contribution in [0.4, 0.5) is 5.69 Å². The lowest BCUT2D eigenvalue weighted by atomic mass is 10.2. The fourth-order valence-corrected chi connectivity index (χ4v) is 3.09. The van der Waals surface area contributed by atoms with Crippen molar-refractivity contribution in [1.29, 1.82) is 0 Å². The van der Waals surface area contributed by atoms with Gasteiger partial charge in [0.2, 0.25) is 5.89 Å². The van der Waals surface area contributed by atoms with Crippen molar-refractivity contribution in [3.63, 3.8) is 0 Å². The predicted octanol–water partition coefficient (Wildman–Crippen LogP) is 2.33. The zero-order chi connectivity index (χ0) is 19.1. The largest absolute Gasteiger partial charge is 0.497 e. The molecule has 1 aliphatic heterocycles. The molecule has 154 valence electrons. The van der Waals surface area contributed by atoms with E-state index in [0.717, 1.165) is 44.4 Å². The number of ether oxygens (including phenoxy) is 1. The second-order valence-corrected chi connectivity index (χ2v) is 6.39. The molecule has 2 heterocycles. The highest BCUT2D eigenvalue weighted by molar-refractivity contribution is 14.0. The molecule has 0 spiro atoms. The van der Waals surface area contributed by atoms with Gasteiger partial charge in [0.25, 0.3) is 0 Å². The van der Waals surface area contributed by atoms with Crippen molar-refractivity contribution < 1.29 is 9.26 Å². The molecule has 1 aromatic carbocycles. The number of nitrogens with zero attached hydrogens (tertiary/aromatic N) is 5. The average Bonchev–Trinajstić information content (AvgIpc) is 3.13. The number of aromatic nitrogens is 2. The number of rotatable bonds is 6. The summed E-state index contributed by atoms with van der Waals surface area (Å²) in [5, 5.41) is 7.20. The van der Waals surface area contributed by atoms with Gasteiger partial charge in [0.15, 0.2) is 11.8 Å². The highest BCUT2D eigenvalue weighted by Crippen LogP contribution is 2.20. The van der Waals surface area contributed by atoms with Crippen molar-refractivity contribution in [2.24, 2.45) is 4.99 Å².